The quantitative estimate of drug-likeness (QED) is 0.928. The number of hydrogen-bond acceptors (Lipinski definition) is 3. The first-order valence-corrected chi connectivity index (χ1v) is 6.77. The first-order chi connectivity index (χ1) is 9.93. The van der Waals surface area contributed by atoms with Crippen molar-refractivity contribution in [2.75, 3.05) is 26.2 Å². The van der Waals surface area contributed by atoms with Crippen molar-refractivity contribution in [3.05, 3.63) is 29.3 Å². The Morgan fingerprint density at radius 1 is 1.29 bits per heavy atom. The monoisotopic (exact) mass is 302 g/mol. The van der Waals surface area contributed by atoms with E-state index in [4.69, 9.17) is 10.5 Å². The Labute approximate surface area is 120 Å². The van der Waals surface area contributed by atoms with Gasteiger partial charge >= 0.3 is 6.18 Å². The molecule has 1 aliphatic heterocycles. The van der Waals surface area contributed by atoms with Crippen LogP contribution in [0.4, 0.5) is 13.2 Å². The third-order valence-corrected chi connectivity index (χ3v) is 3.30. The largest absolute Gasteiger partial charge is 0.492 e. The summed E-state index contributed by atoms with van der Waals surface area (Å²) in [6, 6.07) is 3.40. The highest BCUT2D eigenvalue weighted by Gasteiger charge is 2.35. The summed E-state index contributed by atoms with van der Waals surface area (Å²) in [5.41, 5.74) is 4.32. The molecule has 0 spiro atoms. The molecule has 4 nitrogen and oxygen atoms in total. The van der Waals surface area contributed by atoms with Crippen LogP contribution in [0.5, 0.6) is 5.75 Å². The lowest BCUT2D eigenvalue weighted by atomic mass is 10.1. The highest BCUT2D eigenvalue weighted by atomic mass is 19.4. The smallest absolute Gasteiger partial charge is 0.419 e. The summed E-state index contributed by atoms with van der Waals surface area (Å²) in [5, 5.41) is 0. The fourth-order valence-electron chi connectivity index (χ4n) is 2.28. The van der Waals surface area contributed by atoms with Crippen LogP contribution in [-0.2, 0) is 6.18 Å². The summed E-state index contributed by atoms with van der Waals surface area (Å²) < 4.78 is 44.2. The van der Waals surface area contributed by atoms with Gasteiger partial charge < -0.3 is 15.4 Å². The number of amides is 1. The van der Waals surface area contributed by atoms with Crippen molar-refractivity contribution in [1.29, 1.82) is 0 Å². The lowest BCUT2D eigenvalue weighted by molar-refractivity contribution is -0.138. The van der Waals surface area contributed by atoms with Crippen molar-refractivity contribution in [1.82, 2.24) is 4.90 Å². The van der Waals surface area contributed by atoms with Crippen molar-refractivity contribution >= 4 is 5.91 Å². The first-order valence-electron chi connectivity index (χ1n) is 6.77. The molecule has 0 saturated carbocycles. The molecule has 1 amide bonds. The predicted molar refractivity (Wildman–Crippen MR) is 71.1 cm³/mol. The predicted octanol–water partition coefficient (Wildman–Crippen LogP) is 2.28. The van der Waals surface area contributed by atoms with E-state index >= 15 is 0 Å². The van der Waals surface area contributed by atoms with E-state index < -0.39 is 11.7 Å². The first kappa shape index (κ1) is 15.6. The molecule has 1 saturated heterocycles. The summed E-state index contributed by atoms with van der Waals surface area (Å²) in [6.45, 7) is 1.28. The Kier molecular flexibility index (Phi) is 4.72. The van der Waals surface area contributed by atoms with Gasteiger partial charge in [0.25, 0.3) is 5.91 Å². The minimum atomic E-state index is -4.58. The summed E-state index contributed by atoms with van der Waals surface area (Å²) in [7, 11) is 0. The molecule has 0 unspecified atom stereocenters. The molecule has 0 aliphatic carbocycles. The third-order valence-electron chi connectivity index (χ3n) is 3.30. The Balaban J connectivity index is 2.30. The van der Waals surface area contributed by atoms with Gasteiger partial charge in [0.1, 0.15) is 12.4 Å². The van der Waals surface area contributed by atoms with E-state index in [-0.39, 0.29) is 30.4 Å². The zero-order chi connectivity index (χ0) is 15.5. The van der Waals surface area contributed by atoms with E-state index in [1.807, 2.05) is 0 Å². The number of nitrogens with two attached hydrogens (primary N) is 1. The molecule has 0 atom stereocenters. The van der Waals surface area contributed by atoms with E-state index in [1.54, 1.807) is 4.90 Å². The highest BCUT2D eigenvalue weighted by molar-refractivity contribution is 5.94. The number of rotatable bonds is 4. The molecule has 1 aromatic carbocycles. The van der Waals surface area contributed by atoms with Gasteiger partial charge in [-0.15, -0.1) is 0 Å². The molecule has 1 aliphatic rings. The molecule has 1 fully saturated rings. The molecular weight excluding hydrogens is 285 g/mol. The van der Waals surface area contributed by atoms with Crippen LogP contribution in [0.3, 0.4) is 0 Å². The van der Waals surface area contributed by atoms with Gasteiger partial charge in [0.15, 0.2) is 0 Å². The zero-order valence-electron chi connectivity index (χ0n) is 11.4. The van der Waals surface area contributed by atoms with E-state index in [9.17, 15) is 18.0 Å². The number of halogens is 3. The average Bonchev–Trinajstić information content (AvgIpc) is 2.97. The maximum Gasteiger partial charge on any atom is 0.419 e. The number of likely N-dealkylation sites (tertiary alicyclic amines) is 1. The van der Waals surface area contributed by atoms with Crippen molar-refractivity contribution < 1.29 is 22.7 Å². The molecule has 116 valence electrons. The van der Waals surface area contributed by atoms with Gasteiger partial charge in [-0.2, -0.15) is 13.2 Å². The molecular formula is C14H17F3N2O2. The molecule has 2 rings (SSSR count). The average molecular weight is 302 g/mol. The van der Waals surface area contributed by atoms with Crippen molar-refractivity contribution in [2.45, 2.75) is 19.0 Å². The molecule has 7 heteroatoms. The number of hydrogen-bond donors (Lipinski definition) is 1. The van der Waals surface area contributed by atoms with E-state index in [0.717, 1.165) is 18.9 Å². The minimum absolute atomic E-state index is 0.0114. The second kappa shape index (κ2) is 6.34. The lowest BCUT2D eigenvalue weighted by Gasteiger charge is -2.18. The van der Waals surface area contributed by atoms with Crippen LogP contribution in [0.2, 0.25) is 0 Å². The summed E-state index contributed by atoms with van der Waals surface area (Å²) in [6.07, 6.45) is -2.81. The maximum absolute atomic E-state index is 13.1. The second-order valence-corrected chi connectivity index (χ2v) is 4.85. The Hall–Kier alpha value is -1.76. The molecule has 0 bridgehead atoms. The number of alkyl halides is 3. The van der Waals surface area contributed by atoms with Crippen LogP contribution < -0.4 is 10.5 Å². The van der Waals surface area contributed by atoms with Crippen molar-refractivity contribution in [3.8, 4) is 5.75 Å². The van der Waals surface area contributed by atoms with Crippen LogP contribution in [-0.4, -0.2) is 37.0 Å². The summed E-state index contributed by atoms with van der Waals surface area (Å²) in [5.74, 6) is -0.672. The number of nitrogens with zero attached hydrogens (tertiary/aromatic N) is 1. The molecule has 1 aromatic rings. The fourth-order valence-corrected chi connectivity index (χ4v) is 2.28. The maximum atomic E-state index is 13.1. The summed E-state index contributed by atoms with van der Waals surface area (Å²) >= 11 is 0. The van der Waals surface area contributed by atoms with E-state index in [1.165, 1.54) is 12.1 Å². The Bertz CT molecular complexity index is 511. The van der Waals surface area contributed by atoms with Gasteiger partial charge in [0.05, 0.1) is 5.56 Å². The molecule has 0 radical (unpaired) electrons. The molecule has 2 N–H and O–H groups in total. The van der Waals surface area contributed by atoms with Gasteiger partial charge in [-0.25, -0.2) is 0 Å². The number of benzene rings is 1. The topological polar surface area (TPSA) is 55.6 Å². The standard InChI is InChI=1S/C14H17F3N2O2/c15-14(16,17)11-9-10(3-4-12(11)21-8-5-18)13(20)19-6-1-2-7-19/h3-4,9H,1-2,5-8,18H2. The third kappa shape index (κ3) is 3.66. The van der Waals surface area contributed by atoms with Crippen LogP contribution in [0.1, 0.15) is 28.8 Å². The van der Waals surface area contributed by atoms with Crippen LogP contribution >= 0.6 is 0 Å². The van der Waals surface area contributed by atoms with Gasteiger partial charge in [-0.05, 0) is 31.0 Å². The Morgan fingerprint density at radius 3 is 2.52 bits per heavy atom. The normalized spacial score (nSPS) is 15.3. The van der Waals surface area contributed by atoms with Crippen molar-refractivity contribution in [2.24, 2.45) is 5.73 Å². The van der Waals surface area contributed by atoms with E-state index in [2.05, 4.69) is 0 Å². The van der Waals surface area contributed by atoms with Crippen LogP contribution in [0.25, 0.3) is 0 Å². The van der Waals surface area contributed by atoms with Crippen LogP contribution in [0.15, 0.2) is 18.2 Å². The Morgan fingerprint density at radius 2 is 1.95 bits per heavy atom. The number of carbonyl (C=O) groups excluding carboxylic acids is 1. The van der Waals surface area contributed by atoms with Crippen molar-refractivity contribution in [3.63, 3.8) is 0 Å². The van der Waals surface area contributed by atoms with E-state index in [0.29, 0.717) is 13.1 Å². The zero-order valence-corrected chi connectivity index (χ0v) is 11.4. The SMILES string of the molecule is NCCOc1ccc(C(=O)N2CCCC2)cc1C(F)(F)F. The van der Waals surface area contributed by atoms with Gasteiger partial charge in [-0.3, -0.25) is 4.79 Å². The van der Waals surface area contributed by atoms with Gasteiger partial charge in [0.2, 0.25) is 0 Å². The molecule has 0 aromatic heterocycles. The van der Waals surface area contributed by atoms with Gasteiger partial charge in [0, 0.05) is 25.2 Å². The van der Waals surface area contributed by atoms with Crippen LogP contribution in [0, 0.1) is 0 Å². The second-order valence-electron chi connectivity index (χ2n) is 4.85. The lowest BCUT2D eigenvalue weighted by Crippen LogP contribution is -2.28. The number of ether oxygens (including phenoxy) is 1. The summed E-state index contributed by atoms with van der Waals surface area (Å²) in [4.78, 5) is 13.7. The van der Waals surface area contributed by atoms with Gasteiger partial charge in [-0.1, -0.05) is 0 Å². The molecule has 1 heterocycles. The minimum Gasteiger partial charge on any atom is -0.492 e. The number of carbonyl (C=O) groups is 1. The molecule has 21 heavy (non-hydrogen) atoms. The highest BCUT2D eigenvalue weighted by Crippen LogP contribution is 2.37. The fraction of sp³-hybridized carbons (Fsp3) is 0.500.